The van der Waals surface area contributed by atoms with Gasteiger partial charge in [0.25, 0.3) is 0 Å². The number of likely N-dealkylation sites (N-methyl/N-ethyl adjacent to an activating group) is 2. The highest BCUT2D eigenvalue weighted by molar-refractivity contribution is 5.93. The first kappa shape index (κ1) is 23.4. The molecule has 0 bridgehead atoms. The van der Waals surface area contributed by atoms with Crippen LogP contribution in [-0.2, 0) is 19.1 Å². The lowest BCUT2D eigenvalue weighted by Gasteiger charge is -2.38. The monoisotopic (exact) mass is 357 g/mol. The van der Waals surface area contributed by atoms with Crippen molar-refractivity contribution in [3.63, 3.8) is 0 Å². The number of rotatable bonds is 7. The van der Waals surface area contributed by atoms with Gasteiger partial charge < -0.3 is 20.3 Å². The maximum atomic E-state index is 13.1. The van der Waals surface area contributed by atoms with Crippen molar-refractivity contribution in [2.45, 2.75) is 66.1 Å². The van der Waals surface area contributed by atoms with Gasteiger partial charge in [-0.25, -0.2) is 4.79 Å². The number of methoxy groups -OCH3 is 1. The van der Waals surface area contributed by atoms with Crippen molar-refractivity contribution in [1.29, 1.82) is 0 Å². The molecule has 0 aliphatic carbocycles. The summed E-state index contributed by atoms with van der Waals surface area (Å²) in [5.41, 5.74) is -1.34. The van der Waals surface area contributed by atoms with E-state index in [1.807, 2.05) is 34.6 Å². The number of hydrogen-bond donors (Lipinski definition) is 2. The summed E-state index contributed by atoms with van der Waals surface area (Å²) in [5, 5.41) is 5.76. The van der Waals surface area contributed by atoms with E-state index in [9.17, 15) is 14.4 Å². The van der Waals surface area contributed by atoms with E-state index in [4.69, 9.17) is 4.74 Å². The van der Waals surface area contributed by atoms with Crippen LogP contribution in [0.2, 0.25) is 0 Å². The van der Waals surface area contributed by atoms with Crippen molar-refractivity contribution in [2.24, 2.45) is 11.3 Å². The summed E-state index contributed by atoms with van der Waals surface area (Å²) in [6.07, 6.45) is 0. The first-order valence-corrected chi connectivity index (χ1v) is 8.55. The summed E-state index contributed by atoms with van der Waals surface area (Å²) in [5.74, 6) is -1.19. The predicted octanol–water partition coefficient (Wildman–Crippen LogP) is 1.17. The van der Waals surface area contributed by atoms with Crippen LogP contribution in [0.25, 0.3) is 0 Å². The highest BCUT2D eigenvalue weighted by Crippen LogP contribution is 2.24. The molecule has 2 atom stereocenters. The number of esters is 1. The molecule has 0 heterocycles. The van der Waals surface area contributed by atoms with Gasteiger partial charge in [0, 0.05) is 7.05 Å². The Morgan fingerprint density at radius 2 is 1.52 bits per heavy atom. The Kier molecular flexibility index (Phi) is 8.08. The minimum Gasteiger partial charge on any atom is -0.467 e. The molecule has 0 saturated carbocycles. The number of carbonyl (C=O) groups excluding carboxylic acids is 3. The van der Waals surface area contributed by atoms with Gasteiger partial charge in [-0.3, -0.25) is 9.59 Å². The lowest BCUT2D eigenvalue weighted by molar-refractivity contribution is -0.155. The normalized spacial score (nSPS) is 14.7. The van der Waals surface area contributed by atoms with Gasteiger partial charge in [-0.15, -0.1) is 0 Å². The Hall–Kier alpha value is -1.63. The average Bonchev–Trinajstić information content (AvgIpc) is 2.49. The molecule has 2 N–H and O–H groups in total. The highest BCUT2D eigenvalue weighted by atomic mass is 16.5. The lowest BCUT2D eigenvalue weighted by atomic mass is 9.84. The Morgan fingerprint density at radius 1 is 1.04 bits per heavy atom. The molecule has 0 aromatic carbocycles. The molecule has 0 spiro atoms. The largest absolute Gasteiger partial charge is 0.467 e. The van der Waals surface area contributed by atoms with Crippen LogP contribution >= 0.6 is 0 Å². The molecule has 7 heteroatoms. The summed E-state index contributed by atoms with van der Waals surface area (Å²) >= 11 is 0. The SMILES string of the molecule is CNC(C)(C)C(=O)N[C@H](C(=O)N(C)[C@H](C(=O)OC)C(C)C)C(C)(C)C. The minimum atomic E-state index is -0.817. The average molecular weight is 357 g/mol. The van der Waals surface area contributed by atoms with Crippen molar-refractivity contribution >= 4 is 17.8 Å². The number of carbonyl (C=O) groups is 3. The van der Waals surface area contributed by atoms with E-state index in [0.717, 1.165) is 0 Å². The Labute approximate surface area is 151 Å². The molecule has 0 unspecified atom stereocenters. The third-order valence-corrected chi connectivity index (χ3v) is 4.42. The first-order chi connectivity index (χ1) is 11.2. The maximum absolute atomic E-state index is 13.1. The van der Waals surface area contributed by atoms with E-state index < -0.39 is 29.0 Å². The van der Waals surface area contributed by atoms with Crippen LogP contribution in [0.15, 0.2) is 0 Å². The number of hydrogen-bond acceptors (Lipinski definition) is 5. The smallest absolute Gasteiger partial charge is 0.328 e. The highest BCUT2D eigenvalue weighted by Gasteiger charge is 2.41. The topological polar surface area (TPSA) is 87.7 Å². The van der Waals surface area contributed by atoms with Gasteiger partial charge in [0.05, 0.1) is 12.6 Å². The molecule has 2 amide bonds. The van der Waals surface area contributed by atoms with E-state index >= 15 is 0 Å². The van der Waals surface area contributed by atoms with E-state index in [0.29, 0.717) is 0 Å². The van der Waals surface area contributed by atoms with Crippen LogP contribution in [0, 0.1) is 11.3 Å². The fraction of sp³-hybridized carbons (Fsp3) is 0.833. The fourth-order valence-corrected chi connectivity index (χ4v) is 2.41. The van der Waals surface area contributed by atoms with E-state index in [1.54, 1.807) is 27.9 Å². The standard InChI is InChI=1S/C18H35N3O4/c1-11(2)12(15(23)25-10)21(9)14(22)13(17(3,4)5)20-16(24)18(6,7)19-8/h11-13,19H,1-10H3,(H,20,24)/t12-,13+/m0/s1. The molecule has 0 aliphatic heterocycles. The predicted molar refractivity (Wildman–Crippen MR) is 97.9 cm³/mol. The van der Waals surface area contributed by atoms with Gasteiger partial charge >= 0.3 is 5.97 Å². The van der Waals surface area contributed by atoms with Gasteiger partial charge in [0.1, 0.15) is 12.1 Å². The third-order valence-electron chi connectivity index (χ3n) is 4.42. The number of nitrogens with zero attached hydrogens (tertiary/aromatic N) is 1. The lowest BCUT2D eigenvalue weighted by Crippen LogP contribution is -2.62. The zero-order chi connectivity index (χ0) is 20.2. The minimum absolute atomic E-state index is 0.119. The van der Waals surface area contributed by atoms with Crippen LogP contribution in [0.4, 0.5) is 0 Å². The van der Waals surface area contributed by atoms with Gasteiger partial charge in [-0.2, -0.15) is 0 Å². The third kappa shape index (κ3) is 5.99. The summed E-state index contributed by atoms with van der Waals surface area (Å²) in [7, 11) is 4.55. The Balaban J connectivity index is 5.65. The summed E-state index contributed by atoms with van der Waals surface area (Å²) < 4.78 is 4.83. The molecule has 0 saturated heterocycles. The Bertz CT molecular complexity index is 495. The summed E-state index contributed by atoms with van der Waals surface area (Å²) in [4.78, 5) is 39.1. The number of ether oxygens (including phenoxy) is 1. The molecule has 0 rings (SSSR count). The van der Waals surface area contributed by atoms with Crippen LogP contribution in [0.5, 0.6) is 0 Å². The van der Waals surface area contributed by atoms with Crippen LogP contribution < -0.4 is 10.6 Å². The van der Waals surface area contributed by atoms with E-state index in [-0.39, 0.29) is 17.7 Å². The number of amides is 2. The van der Waals surface area contributed by atoms with Crippen molar-refractivity contribution in [3.05, 3.63) is 0 Å². The Morgan fingerprint density at radius 3 is 1.84 bits per heavy atom. The maximum Gasteiger partial charge on any atom is 0.328 e. The second-order valence-corrected chi connectivity index (χ2v) is 8.31. The molecule has 0 aromatic rings. The van der Waals surface area contributed by atoms with Gasteiger partial charge in [-0.05, 0) is 32.2 Å². The van der Waals surface area contributed by atoms with Gasteiger partial charge in [-0.1, -0.05) is 34.6 Å². The first-order valence-electron chi connectivity index (χ1n) is 8.55. The number of nitrogens with one attached hydrogen (secondary N) is 2. The summed E-state index contributed by atoms with van der Waals surface area (Å²) in [6.45, 7) is 12.8. The van der Waals surface area contributed by atoms with Crippen LogP contribution in [0.3, 0.4) is 0 Å². The molecule has 25 heavy (non-hydrogen) atoms. The molecular formula is C18H35N3O4. The zero-order valence-corrected chi connectivity index (χ0v) is 17.3. The van der Waals surface area contributed by atoms with E-state index in [2.05, 4.69) is 10.6 Å². The molecule has 0 aliphatic rings. The molecule has 0 aromatic heterocycles. The zero-order valence-electron chi connectivity index (χ0n) is 17.3. The molecule has 7 nitrogen and oxygen atoms in total. The van der Waals surface area contributed by atoms with Gasteiger partial charge in [0.2, 0.25) is 11.8 Å². The van der Waals surface area contributed by atoms with Crippen LogP contribution in [0.1, 0.15) is 48.5 Å². The summed E-state index contributed by atoms with van der Waals surface area (Å²) in [6, 6.07) is -1.49. The van der Waals surface area contributed by atoms with Crippen molar-refractivity contribution in [3.8, 4) is 0 Å². The molecule has 0 fully saturated rings. The van der Waals surface area contributed by atoms with Crippen LogP contribution in [-0.4, -0.2) is 61.5 Å². The fourth-order valence-electron chi connectivity index (χ4n) is 2.41. The quantitative estimate of drug-likeness (QED) is 0.668. The second-order valence-electron chi connectivity index (χ2n) is 8.31. The van der Waals surface area contributed by atoms with Gasteiger partial charge in [0.15, 0.2) is 0 Å². The molecule has 146 valence electrons. The second kappa shape index (κ2) is 8.65. The van der Waals surface area contributed by atoms with E-state index in [1.165, 1.54) is 12.0 Å². The molecule has 0 radical (unpaired) electrons. The van der Waals surface area contributed by atoms with Crippen molar-refractivity contribution in [2.75, 3.05) is 21.2 Å². The van der Waals surface area contributed by atoms with Crippen molar-refractivity contribution < 1.29 is 19.1 Å². The molecular weight excluding hydrogens is 322 g/mol. The van der Waals surface area contributed by atoms with Crippen molar-refractivity contribution in [1.82, 2.24) is 15.5 Å².